The maximum absolute atomic E-state index is 12.8. The van der Waals surface area contributed by atoms with Crippen molar-refractivity contribution in [3.05, 3.63) is 93.9 Å². The SMILES string of the molecule is O=C(Nc1cccc(-c2csc(-c3ccccc3Cl)n2)c1)c1cc2cccc(Cl)c2[nH]1. The van der Waals surface area contributed by atoms with Gasteiger partial charge < -0.3 is 10.3 Å². The van der Waals surface area contributed by atoms with E-state index in [1.54, 1.807) is 12.1 Å². The number of aromatic amines is 1. The summed E-state index contributed by atoms with van der Waals surface area (Å²) >= 11 is 14.0. The molecule has 0 saturated carbocycles. The molecule has 3 aromatic carbocycles. The van der Waals surface area contributed by atoms with Crippen LogP contribution in [-0.4, -0.2) is 15.9 Å². The Morgan fingerprint density at radius 2 is 1.74 bits per heavy atom. The second-order valence-electron chi connectivity index (χ2n) is 6.94. The Hall–Kier alpha value is -3.12. The van der Waals surface area contributed by atoms with Crippen LogP contribution in [-0.2, 0) is 0 Å². The van der Waals surface area contributed by atoms with Crippen LogP contribution in [0.15, 0.2) is 78.2 Å². The first-order valence-corrected chi connectivity index (χ1v) is 11.1. The molecule has 5 rings (SSSR count). The average molecular weight is 464 g/mol. The maximum atomic E-state index is 12.8. The van der Waals surface area contributed by atoms with Crippen LogP contribution in [0.25, 0.3) is 32.7 Å². The minimum Gasteiger partial charge on any atom is -0.349 e. The van der Waals surface area contributed by atoms with E-state index in [2.05, 4.69) is 10.3 Å². The lowest BCUT2D eigenvalue weighted by Crippen LogP contribution is -2.12. The highest BCUT2D eigenvalue weighted by Crippen LogP contribution is 2.33. The summed E-state index contributed by atoms with van der Waals surface area (Å²) in [7, 11) is 0. The molecule has 0 atom stereocenters. The van der Waals surface area contributed by atoms with Gasteiger partial charge in [0, 0.05) is 27.6 Å². The smallest absolute Gasteiger partial charge is 0.272 e. The summed E-state index contributed by atoms with van der Waals surface area (Å²) in [5.74, 6) is -0.237. The fourth-order valence-electron chi connectivity index (χ4n) is 3.36. The van der Waals surface area contributed by atoms with Gasteiger partial charge in [-0.25, -0.2) is 4.98 Å². The van der Waals surface area contributed by atoms with Gasteiger partial charge in [0.15, 0.2) is 0 Å². The molecular formula is C24H15Cl2N3OS. The lowest BCUT2D eigenvalue weighted by molar-refractivity contribution is 0.102. The first-order chi connectivity index (χ1) is 15.1. The number of hydrogen-bond acceptors (Lipinski definition) is 3. The molecular weight excluding hydrogens is 449 g/mol. The zero-order valence-electron chi connectivity index (χ0n) is 16.0. The van der Waals surface area contributed by atoms with Crippen molar-refractivity contribution in [1.29, 1.82) is 0 Å². The van der Waals surface area contributed by atoms with E-state index in [-0.39, 0.29) is 5.91 Å². The fourth-order valence-corrected chi connectivity index (χ4v) is 4.74. The van der Waals surface area contributed by atoms with E-state index in [4.69, 9.17) is 28.2 Å². The minimum absolute atomic E-state index is 0.237. The van der Waals surface area contributed by atoms with Gasteiger partial charge in [-0.3, -0.25) is 4.79 Å². The number of fused-ring (bicyclic) bond motifs is 1. The third-order valence-corrected chi connectivity index (χ3v) is 6.39. The molecule has 7 heteroatoms. The molecule has 4 nitrogen and oxygen atoms in total. The van der Waals surface area contributed by atoms with Crippen molar-refractivity contribution < 1.29 is 4.79 Å². The van der Waals surface area contributed by atoms with Crippen LogP contribution in [0, 0.1) is 0 Å². The maximum Gasteiger partial charge on any atom is 0.272 e. The number of amides is 1. The van der Waals surface area contributed by atoms with Crippen molar-refractivity contribution in [2.45, 2.75) is 0 Å². The number of hydrogen-bond donors (Lipinski definition) is 2. The second kappa shape index (κ2) is 8.19. The third kappa shape index (κ3) is 3.95. The lowest BCUT2D eigenvalue weighted by atomic mass is 10.1. The Labute approximate surface area is 192 Å². The van der Waals surface area contributed by atoms with Gasteiger partial charge in [-0.05, 0) is 30.3 Å². The Morgan fingerprint density at radius 1 is 0.935 bits per heavy atom. The van der Waals surface area contributed by atoms with Crippen LogP contribution in [0.5, 0.6) is 0 Å². The molecule has 0 radical (unpaired) electrons. The predicted molar refractivity (Wildman–Crippen MR) is 129 cm³/mol. The van der Waals surface area contributed by atoms with E-state index >= 15 is 0 Å². The van der Waals surface area contributed by atoms with E-state index in [1.165, 1.54) is 11.3 Å². The quantitative estimate of drug-likeness (QED) is 0.289. The lowest BCUT2D eigenvalue weighted by Gasteiger charge is -2.05. The topological polar surface area (TPSA) is 57.8 Å². The number of H-pyrrole nitrogens is 1. The summed E-state index contributed by atoms with van der Waals surface area (Å²) in [4.78, 5) is 20.6. The number of benzene rings is 3. The van der Waals surface area contributed by atoms with Crippen molar-refractivity contribution in [2.75, 3.05) is 5.32 Å². The Morgan fingerprint density at radius 3 is 2.58 bits per heavy atom. The van der Waals surface area contributed by atoms with Gasteiger partial charge in [0.2, 0.25) is 0 Å². The summed E-state index contributed by atoms with van der Waals surface area (Å²) in [5.41, 5.74) is 4.52. The number of rotatable bonds is 4. The summed E-state index contributed by atoms with van der Waals surface area (Å²) in [6, 6.07) is 22.6. The van der Waals surface area contributed by atoms with Crippen molar-refractivity contribution >= 4 is 57.0 Å². The number of anilines is 1. The normalized spacial score (nSPS) is 11.0. The first-order valence-electron chi connectivity index (χ1n) is 9.48. The van der Waals surface area contributed by atoms with Crippen molar-refractivity contribution in [2.24, 2.45) is 0 Å². The molecule has 152 valence electrons. The number of carbonyl (C=O) groups is 1. The van der Waals surface area contributed by atoms with Crippen LogP contribution < -0.4 is 5.32 Å². The highest BCUT2D eigenvalue weighted by atomic mass is 35.5. The Bertz CT molecular complexity index is 1420. The first kappa shape index (κ1) is 19.8. The standard InChI is InChI=1S/C24H15Cl2N3OS/c25-18-9-2-1-8-17(18)24-29-21(13-31-24)14-5-3-7-16(11-14)27-23(30)20-12-15-6-4-10-19(26)22(15)28-20/h1-13,28H,(H,27,30). The summed E-state index contributed by atoms with van der Waals surface area (Å²) in [5, 5.41) is 7.91. The number of thiazole rings is 1. The molecule has 0 spiro atoms. The number of para-hydroxylation sites is 1. The van der Waals surface area contributed by atoms with Crippen molar-refractivity contribution in [1.82, 2.24) is 9.97 Å². The highest BCUT2D eigenvalue weighted by Gasteiger charge is 2.13. The Kier molecular flexibility index (Phi) is 5.24. The summed E-state index contributed by atoms with van der Waals surface area (Å²) in [6.45, 7) is 0. The van der Waals surface area contributed by atoms with Gasteiger partial charge in [0.1, 0.15) is 10.7 Å². The zero-order chi connectivity index (χ0) is 21.4. The van der Waals surface area contributed by atoms with Crippen LogP contribution >= 0.6 is 34.5 Å². The van der Waals surface area contributed by atoms with Crippen LogP contribution in [0.4, 0.5) is 5.69 Å². The van der Waals surface area contributed by atoms with Gasteiger partial charge in [0.25, 0.3) is 5.91 Å². The van der Waals surface area contributed by atoms with Gasteiger partial charge in [-0.15, -0.1) is 11.3 Å². The van der Waals surface area contributed by atoms with Gasteiger partial charge in [0.05, 0.1) is 21.3 Å². The molecule has 0 unspecified atom stereocenters. The van der Waals surface area contributed by atoms with Crippen LogP contribution in [0.1, 0.15) is 10.5 Å². The number of nitrogens with zero attached hydrogens (tertiary/aromatic N) is 1. The van der Waals surface area contributed by atoms with E-state index < -0.39 is 0 Å². The molecule has 0 saturated heterocycles. The molecule has 0 aliphatic heterocycles. The van der Waals surface area contributed by atoms with Gasteiger partial charge in [-0.1, -0.05) is 65.7 Å². The molecule has 2 N–H and O–H groups in total. The molecule has 0 fully saturated rings. The van der Waals surface area contributed by atoms with Crippen LogP contribution in [0.3, 0.4) is 0 Å². The summed E-state index contributed by atoms with van der Waals surface area (Å²) in [6.07, 6.45) is 0. The molecule has 0 aliphatic carbocycles. The van der Waals surface area contributed by atoms with Crippen molar-refractivity contribution in [3.8, 4) is 21.8 Å². The molecule has 0 bridgehead atoms. The van der Waals surface area contributed by atoms with E-state index in [1.807, 2.05) is 66.0 Å². The second-order valence-corrected chi connectivity index (χ2v) is 8.61. The molecule has 2 heterocycles. The fraction of sp³-hybridized carbons (Fsp3) is 0. The summed E-state index contributed by atoms with van der Waals surface area (Å²) < 4.78 is 0. The molecule has 31 heavy (non-hydrogen) atoms. The third-order valence-electron chi connectivity index (χ3n) is 4.87. The van der Waals surface area contributed by atoms with E-state index in [0.29, 0.717) is 21.4 Å². The molecule has 1 amide bonds. The largest absolute Gasteiger partial charge is 0.349 e. The number of carbonyl (C=O) groups excluding carboxylic acids is 1. The number of nitrogens with one attached hydrogen (secondary N) is 2. The molecule has 2 aromatic heterocycles. The minimum atomic E-state index is -0.237. The van der Waals surface area contributed by atoms with Crippen molar-refractivity contribution in [3.63, 3.8) is 0 Å². The van der Waals surface area contributed by atoms with E-state index in [0.717, 1.165) is 32.7 Å². The Balaban J connectivity index is 1.40. The predicted octanol–water partition coefficient (Wildman–Crippen LogP) is 7.52. The van der Waals surface area contributed by atoms with E-state index in [9.17, 15) is 4.79 Å². The average Bonchev–Trinajstić information content (AvgIpc) is 3.43. The molecule has 0 aliphatic rings. The highest BCUT2D eigenvalue weighted by molar-refractivity contribution is 7.13. The number of aromatic nitrogens is 2. The number of halogens is 2. The monoisotopic (exact) mass is 463 g/mol. The van der Waals surface area contributed by atoms with Gasteiger partial charge >= 0.3 is 0 Å². The van der Waals surface area contributed by atoms with Crippen LogP contribution in [0.2, 0.25) is 10.0 Å². The van der Waals surface area contributed by atoms with Gasteiger partial charge in [-0.2, -0.15) is 0 Å². The molecule has 5 aromatic rings. The zero-order valence-corrected chi connectivity index (χ0v) is 18.4.